The van der Waals surface area contributed by atoms with Crippen LogP contribution in [-0.4, -0.2) is 23.8 Å². The minimum absolute atomic E-state index is 0.0129. The van der Waals surface area contributed by atoms with Crippen LogP contribution in [0.5, 0.6) is 0 Å². The summed E-state index contributed by atoms with van der Waals surface area (Å²) in [4.78, 5) is 35.8. The summed E-state index contributed by atoms with van der Waals surface area (Å²) in [6, 6.07) is 12.1. The van der Waals surface area contributed by atoms with E-state index in [-0.39, 0.29) is 29.3 Å². The van der Waals surface area contributed by atoms with Gasteiger partial charge in [-0.15, -0.1) is 0 Å². The second-order valence-electron chi connectivity index (χ2n) is 5.53. The van der Waals surface area contributed by atoms with Gasteiger partial charge in [0.15, 0.2) is 11.9 Å². The third-order valence-corrected chi connectivity index (χ3v) is 3.83. The van der Waals surface area contributed by atoms with Gasteiger partial charge in [-0.05, 0) is 25.1 Å². The fraction of sp³-hybridized carbons (Fsp3) is 0.211. The molecule has 0 bridgehead atoms. The van der Waals surface area contributed by atoms with Crippen LogP contribution >= 0.6 is 11.6 Å². The van der Waals surface area contributed by atoms with E-state index in [1.54, 1.807) is 30.3 Å². The number of rotatable bonds is 7. The fourth-order valence-electron chi connectivity index (χ4n) is 2.12. The van der Waals surface area contributed by atoms with Crippen LogP contribution < -0.4 is 5.32 Å². The molecule has 0 fully saturated rings. The Kier molecular flexibility index (Phi) is 6.86. The lowest BCUT2D eigenvalue weighted by atomic mass is 10.1. The van der Waals surface area contributed by atoms with Crippen molar-refractivity contribution in [2.24, 2.45) is 0 Å². The normalized spacial score (nSPS) is 11.5. The lowest BCUT2D eigenvalue weighted by molar-refractivity contribution is -0.153. The number of carbonyl (C=O) groups is 3. The van der Waals surface area contributed by atoms with Crippen LogP contribution in [0, 0.1) is 5.82 Å². The van der Waals surface area contributed by atoms with Crippen LogP contribution in [0.1, 0.15) is 30.1 Å². The summed E-state index contributed by atoms with van der Waals surface area (Å²) in [5, 5.41) is 2.48. The Bertz CT molecular complexity index is 810. The van der Waals surface area contributed by atoms with Gasteiger partial charge in [0.1, 0.15) is 5.82 Å². The third kappa shape index (κ3) is 5.67. The van der Waals surface area contributed by atoms with E-state index < -0.39 is 23.8 Å². The first kappa shape index (κ1) is 19.6. The lowest BCUT2D eigenvalue weighted by Gasteiger charge is -2.14. The van der Waals surface area contributed by atoms with E-state index in [1.807, 2.05) is 0 Å². The molecule has 0 radical (unpaired) electrons. The molecule has 7 heteroatoms. The lowest BCUT2D eigenvalue weighted by Crippen LogP contribution is -2.30. The van der Waals surface area contributed by atoms with Crippen molar-refractivity contribution in [3.8, 4) is 0 Å². The van der Waals surface area contributed by atoms with E-state index in [1.165, 1.54) is 13.0 Å². The number of anilines is 1. The molecule has 0 aliphatic heterocycles. The molecular weight excluding hydrogens is 361 g/mol. The summed E-state index contributed by atoms with van der Waals surface area (Å²) in [6.07, 6.45) is -1.24. The van der Waals surface area contributed by atoms with Crippen LogP contribution in [0.2, 0.25) is 5.02 Å². The molecule has 1 N–H and O–H groups in total. The van der Waals surface area contributed by atoms with Crippen LogP contribution in [0.4, 0.5) is 10.1 Å². The Balaban J connectivity index is 1.82. The molecule has 136 valence electrons. The van der Waals surface area contributed by atoms with Gasteiger partial charge in [0, 0.05) is 12.0 Å². The quantitative estimate of drug-likeness (QED) is 0.584. The molecule has 2 rings (SSSR count). The average Bonchev–Trinajstić information content (AvgIpc) is 2.62. The van der Waals surface area contributed by atoms with Crippen molar-refractivity contribution in [3.63, 3.8) is 0 Å². The molecule has 0 aliphatic carbocycles. The number of Topliss-reactive ketones (excluding diaryl/α,β-unsaturated/α-hetero) is 1. The molecule has 0 aromatic heterocycles. The Labute approximate surface area is 155 Å². The zero-order valence-corrected chi connectivity index (χ0v) is 14.8. The second-order valence-corrected chi connectivity index (χ2v) is 5.94. The number of carbonyl (C=O) groups excluding carboxylic acids is 3. The first-order chi connectivity index (χ1) is 12.4. The highest BCUT2D eigenvalue weighted by Gasteiger charge is 2.19. The highest BCUT2D eigenvalue weighted by atomic mass is 35.5. The van der Waals surface area contributed by atoms with Crippen molar-refractivity contribution in [1.82, 2.24) is 0 Å². The van der Waals surface area contributed by atoms with Crippen LogP contribution in [0.15, 0.2) is 48.5 Å². The number of esters is 1. The Morgan fingerprint density at radius 1 is 1.12 bits per heavy atom. The van der Waals surface area contributed by atoms with E-state index in [9.17, 15) is 18.8 Å². The molecule has 0 saturated heterocycles. The minimum atomic E-state index is -1.09. The number of halogens is 2. The molecule has 2 aromatic rings. The molecule has 5 nitrogen and oxygen atoms in total. The van der Waals surface area contributed by atoms with Gasteiger partial charge in [0.05, 0.1) is 17.1 Å². The maximum Gasteiger partial charge on any atom is 0.307 e. The van der Waals surface area contributed by atoms with Gasteiger partial charge < -0.3 is 10.1 Å². The number of hydrogen-bond donors (Lipinski definition) is 1. The predicted octanol–water partition coefficient (Wildman–Crippen LogP) is 4.01. The van der Waals surface area contributed by atoms with Crippen molar-refractivity contribution in [2.45, 2.75) is 25.9 Å². The van der Waals surface area contributed by atoms with Gasteiger partial charge in [-0.25, -0.2) is 4.39 Å². The van der Waals surface area contributed by atoms with Gasteiger partial charge in [0.2, 0.25) is 0 Å². The predicted molar refractivity (Wildman–Crippen MR) is 95.6 cm³/mol. The Morgan fingerprint density at radius 2 is 1.81 bits per heavy atom. The molecule has 0 heterocycles. The summed E-state index contributed by atoms with van der Waals surface area (Å²) in [5.74, 6) is -1.99. The number of ketones is 1. The molecule has 1 atom stereocenters. The standard InChI is InChI=1S/C19H17ClFNO4/c1-12(19(25)22-16-8-7-14(21)11-15(16)20)26-18(24)10-9-17(23)13-5-3-2-4-6-13/h2-8,11-12H,9-10H2,1H3,(H,22,25)/t12-/m1/s1. The van der Waals surface area contributed by atoms with E-state index in [0.29, 0.717) is 5.56 Å². The highest BCUT2D eigenvalue weighted by molar-refractivity contribution is 6.33. The average molecular weight is 378 g/mol. The second kappa shape index (κ2) is 9.10. The van der Waals surface area contributed by atoms with Gasteiger partial charge in [-0.3, -0.25) is 14.4 Å². The van der Waals surface area contributed by atoms with E-state index >= 15 is 0 Å². The molecule has 0 aliphatic rings. The molecule has 0 saturated carbocycles. The SMILES string of the molecule is C[C@@H](OC(=O)CCC(=O)c1ccccc1)C(=O)Nc1ccc(F)cc1Cl. The summed E-state index contributed by atoms with van der Waals surface area (Å²) in [7, 11) is 0. The maximum atomic E-state index is 13.0. The van der Waals surface area contributed by atoms with Crippen molar-refractivity contribution in [1.29, 1.82) is 0 Å². The summed E-state index contributed by atoms with van der Waals surface area (Å²) >= 11 is 5.83. The number of nitrogens with one attached hydrogen (secondary N) is 1. The molecular formula is C19H17ClFNO4. The largest absolute Gasteiger partial charge is 0.453 e. The van der Waals surface area contributed by atoms with Gasteiger partial charge in [-0.1, -0.05) is 41.9 Å². The Hall–Kier alpha value is -2.73. The van der Waals surface area contributed by atoms with Crippen molar-refractivity contribution >= 4 is 34.9 Å². The zero-order chi connectivity index (χ0) is 19.1. The van der Waals surface area contributed by atoms with Gasteiger partial charge in [-0.2, -0.15) is 0 Å². The van der Waals surface area contributed by atoms with Crippen LogP contribution in [-0.2, 0) is 14.3 Å². The third-order valence-electron chi connectivity index (χ3n) is 3.52. The van der Waals surface area contributed by atoms with Crippen LogP contribution in [0.25, 0.3) is 0 Å². The first-order valence-corrected chi connectivity index (χ1v) is 8.28. The topological polar surface area (TPSA) is 72.5 Å². The van der Waals surface area contributed by atoms with Crippen molar-refractivity contribution in [3.05, 3.63) is 64.9 Å². The molecule has 0 unspecified atom stereocenters. The smallest absolute Gasteiger partial charge is 0.307 e. The fourth-order valence-corrected chi connectivity index (χ4v) is 2.33. The van der Waals surface area contributed by atoms with Gasteiger partial charge in [0.25, 0.3) is 5.91 Å². The summed E-state index contributed by atoms with van der Waals surface area (Å²) in [6.45, 7) is 1.39. The monoisotopic (exact) mass is 377 g/mol. The number of ether oxygens (including phenoxy) is 1. The molecule has 2 aromatic carbocycles. The minimum Gasteiger partial charge on any atom is -0.453 e. The molecule has 0 spiro atoms. The van der Waals surface area contributed by atoms with Crippen molar-refractivity contribution < 1.29 is 23.5 Å². The zero-order valence-electron chi connectivity index (χ0n) is 14.0. The summed E-state index contributed by atoms with van der Waals surface area (Å²) in [5.41, 5.74) is 0.720. The number of benzene rings is 2. The van der Waals surface area contributed by atoms with E-state index in [2.05, 4.69) is 5.32 Å². The number of amides is 1. The summed E-state index contributed by atoms with van der Waals surface area (Å²) < 4.78 is 18.0. The van der Waals surface area contributed by atoms with E-state index in [4.69, 9.17) is 16.3 Å². The van der Waals surface area contributed by atoms with Gasteiger partial charge >= 0.3 is 5.97 Å². The Morgan fingerprint density at radius 3 is 2.46 bits per heavy atom. The molecule has 26 heavy (non-hydrogen) atoms. The van der Waals surface area contributed by atoms with E-state index in [0.717, 1.165) is 12.1 Å². The molecule has 1 amide bonds. The maximum absolute atomic E-state index is 13.0. The number of hydrogen-bond acceptors (Lipinski definition) is 4. The first-order valence-electron chi connectivity index (χ1n) is 7.90. The van der Waals surface area contributed by atoms with Crippen LogP contribution in [0.3, 0.4) is 0 Å². The highest BCUT2D eigenvalue weighted by Crippen LogP contribution is 2.22. The van der Waals surface area contributed by atoms with Crippen molar-refractivity contribution in [2.75, 3.05) is 5.32 Å².